The SMILES string of the molecule is CCOC(=O)Cc1csc(NC(=O)c2ccc(N3C(=O)c4ccccc4C3=O)cc2)n1. The van der Waals surface area contributed by atoms with Crippen LogP contribution in [0.25, 0.3) is 0 Å². The summed E-state index contributed by atoms with van der Waals surface area (Å²) in [6.07, 6.45) is 0.0369. The Bertz CT molecular complexity index is 1150. The molecule has 156 valence electrons. The van der Waals surface area contributed by atoms with E-state index in [1.54, 1.807) is 48.7 Å². The number of anilines is 2. The number of benzene rings is 2. The normalized spacial score (nSPS) is 12.6. The van der Waals surface area contributed by atoms with E-state index in [2.05, 4.69) is 10.3 Å². The molecular weight excluding hydrogens is 418 g/mol. The molecule has 0 radical (unpaired) electrons. The first kappa shape index (κ1) is 20.4. The first-order chi connectivity index (χ1) is 15.0. The van der Waals surface area contributed by atoms with Crippen molar-refractivity contribution < 1.29 is 23.9 Å². The Morgan fingerprint density at radius 2 is 1.68 bits per heavy atom. The topological polar surface area (TPSA) is 106 Å². The van der Waals surface area contributed by atoms with Gasteiger partial charge < -0.3 is 4.74 Å². The van der Waals surface area contributed by atoms with E-state index in [1.165, 1.54) is 23.5 Å². The second-order valence-electron chi connectivity index (χ2n) is 6.62. The molecule has 8 nitrogen and oxygen atoms in total. The highest BCUT2D eigenvalue weighted by molar-refractivity contribution is 7.14. The zero-order valence-electron chi connectivity index (χ0n) is 16.5. The number of esters is 1. The van der Waals surface area contributed by atoms with Gasteiger partial charge in [0.1, 0.15) is 0 Å². The number of fused-ring (bicyclic) bond motifs is 1. The summed E-state index contributed by atoms with van der Waals surface area (Å²) >= 11 is 1.20. The number of nitrogens with one attached hydrogen (secondary N) is 1. The maximum atomic E-state index is 12.6. The number of carbonyl (C=O) groups is 4. The number of amides is 3. The third-order valence-electron chi connectivity index (χ3n) is 4.58. The Labute approximate surface area is 181 Å². The van der Waals surface area contributed by atoms with Crippen LogP contribution in [0.4, 0.5) is 10.8 Å². The van der Waals surface area contributed by atoms with Crippen LogP contribution in [0, 0.1) is 0 Å². The molecule has 0 atom stereocenters. The fourth-order valence-corrected chi connectivity index (χ4v) is 3.87. The first-order valence-electron chi connectivity index (χ1n) is 9.47. The van der Waals surface area contributed by atoms with Crippen molar-refractivity contribution >= 4 is 45.8 Å². The number of rotatable bonds is 6. The van der Waals surface area contributed by atoms with Crippen LogP contribution in [0.1, 0.15) is 43.7 Å². The van der Waals surface area contributed by atoms with Gasteiger partial charge in [-0.15, -0.1) is 11.3 Å². The van der Waals surface area contributed by atoms with Crippen molar-refractivity contribution in [1.82, 2.24) is 4.98 Å². The summed E-state index contributed by atoms with van der Waals surface area (Å²) in [6, 6.07) is 12.8. The van der Waals surface area contributed by atoms with Crippen molar-refractivity contribution in [3.8, 4) is 0 Å². The van der Waals surface area contributed by atoms with Gasteiger partial charge in [-0.25, -0.2) is 9.88 Å². The molecule has 0 saturated carbocycles. The fourth-order valence-electron chi connectivity index (χ4n) is 3.16. The van der Waals surface area contributed by atoms with Crippen LogP contribution >= 0.6 is 11.3 Å². The lowest BCUT2D eigenvalue weighted by Gasteiger charge is -2.14. The monoisotopic (exact) mass is 435 g/mol. The summed E-state index contributed by atoms with van der Waals surface area (Å²) in [5.41, 5.74) is 1.95. The molecule has 0 bridgehead atoms. The van der Waals surface area contributed by atoms with Gasteiger partial charge in [-0.05, 0) is 43.3 Å². The highest BCUT2D eigenvalue weighted by Crippen LogP contribution is 2.28. The number of hydrogen-bond donors (Lipinski definition) is 1. The van der Waals surface area contributed by atoms with Gasteiger partial charge in [0.05, 0.1) is 35.5 Å². The molecule has 0 saturated heterocycles. The average molecular weight is 435 g/mol. The lowest BCUT2D eigenvalue weighted by Crippen LogP contribution is -2.29. The molecule has 1 aliphatic heterocycles. The van der Waals surface area contributed by atoms with Crippen molar-refractivity contribution in [1.29, 1.82) is 0 Å². The number of nitrogens with zero attached hydrogens (tertiary/aromatic N) is 2. The smallest absolute Gasteiger partial charge is 0.311 e. The van der Waals surface area contributed by atoms with E-state index < -0.39 is 17.7 Å². The zero-order chi connectivity index (χ0) is 22.0. The minimum absolute atomic E-state index is 0.0369. The number of imide groups is 1. The van der Waals surface area contributed by atoms with Gasteiger partial charge in [0.2, 0.25) is 0 Å². The lowest BCUT2D eigenvalue weighted by atomic mass is 10.1. The molecule has 0 unspecified atom stereocenters. The predicted octanol–water partition coefficient (Wildman–Crippen LogP) is 3.30. The largest absolute Gasteiger partial charge is 0.466 e. The number of carbonyl (C=O) groups excluding carboxylic acids is 4. The molecule has 9 heteroatoms. The van der Waals surface area contributed by atoms with Crippen molar-refractivity contribution in [3.63, 3.8) is 0 Å². The van der Waals surface area contributed by atoms with Gasteiger partial charge in [0.25, 0.3) is 17.7 Å². The molecule has 3 amide bonds. The number of hydrogen-bond acceptors (Lipinski definition) is 7. The van der Waals surface area contributed by atoms with Gasteiger partial charge in [-0.1, -0.05) is 12.1 Å². The Morgan fingerprint density at radius 1 is 1.03 bits per heavy atom. The molecule has 1 aliphatic rings. The molecule has 0 spiro atoms. The molecule has 3 aromatic rings. The second-order valence-corrected chi connectivity index (χ2v) is 7.48. The second kappa shape index (κ2) is 8.49. The summed E-state index contributed by atoms with van der Waals surface area (Å²) in [4.78, 5) is 54.5. The van der Waals surface area contributed by atoms with E-state index in [1.807, 2.05) is 0 Å². The van der Waals surface area contributed by atoms with Crippen LogP contribution < -0.4 is 10.2 Å². The highest BCUT2D eigenvalue weighted by atomic mass is 32.1. The summed E-state index contributed by atoms with van der Waals surface area (Å²) < 4.78 is 4.88. The lowest BCUT2D eigenvalue weighted by molar-refractivity contribution is -0.142. The van der Waals surface area contributed by atoms with Gasteiger partial charge in [0.15, 0.2) is 5.13 Å². The Morgan fingerprint density at radius 3 is 2.29 bits per heavy atom. The summed E-state index contributed by atoms with van der Waals surface area (Å²) in [5, 5.41) is 4.71. The molecule has 0 fully saturated rings. The number of aromatic nitrogens is 1. The van der Waals surface area contributed by atoms with Crippen molar-refractivity contribution in [3.05, 3.63) is 76.3 Å². The summed E-state index contributed by atoms with van der Waals surface area (Å²) in [6.45, 7) is 2.02. The standard InChI is InChI=1S/C22H17N3O5S/c1-2-30-18(26)11-14-12-31-22(23-14)24-19(27)13-7-9-15(10-8-13)25-20(28)16-5-3-4-6-17(16)21(25)29/h3-10,12H,2,11H2,1H3,(H,23,24,27). The van der Waals surface area contributed by atoms with Crippen LogP contribution in [0.3, 0.4) is 0 Å². The van der Waals surface area contributed by atoms with Crippen molar-refractivity contribution in [2.75, 3.05) is 16.8 Å². The van der Waals surface area contributed by atoms with Gasteiger partial charge in [0, 0.05) is 10.9 Å². The predicted molar refractivity (Wildman–Crippen MR) is 114 cm³/mol. The maximum Gasteiger partial charge on any atom is 0.311 e. The Kier molecular flexibility index (Phi) is 5.59. The third kappa shape index (κ3) is 4.08. The van der Waals surface area contributed by atoms with Crippen molar-refractivity contribution in [2.24, 2.45) is 0 Å². The van der Waals surface area contributed by atoms with E-state index in [-0.39, 0.29) is 12.4 Å². The maximum absolute atomic E-state index is 12.6. The van der Waals surface area contributed by atoms with E-state index in [0.29, 0.717) is 39.8 Å². The van der Waals surface area contributed by atoms with E-state index in [0.717, 1.165) is 4.90 Å². The average Bonchev–Trinajstić information content (AvgIpc) is 3.30. The molecule has 2 aromatic carbocycles. The quantitative estimate of drug-likeness (QED) is 0.470. The molecule has 31 heavy (non-hydrogen) atoms. The highest BCUT2D eigenvalue weighted by Gasteiger charge is 2.36. The third-order valence-corrected chi connectivity index (χ3v) is 5.39. The molecule has 2 heterocycles. The molecule has 1 aromatic heterocycles. The minimum Gasteiger partial charge on any atom is -0.466 e. The molecular formula is C22H17N3O5S. The molecule has 4 rings (SSSR count). The van der Waals surface area contributed by atoms with E-state index >= 15 is 0 Å². The molecule has 1 N–H and O–H groups in total. The Balaban J connectivity index is 1.44. The van der Waals surface area contributed by atoms with Crippen molar-refractivity contribution in [2.45, 2.75) is 13.3 Å². The van der Waals surface area contributed by atoms with Crippen LogP contribution in [-0.4, -0.2) is 35.3 Å². The van der Waals surface area contributed by atoms with Crippen LogP contribution in [0.2, 0.25) is 0 Å². The van der Waals surface area contributed by atoms with Gasteiger partial charge in [-0.3, -0.25) is 24.5 Å². The van der Waals surface area contributed by atoms with Gasteiger partial charge >= 0.3 is 5.97 Å². The first-order valence-corrected chi connectivity index (χ1v) is 10.3. The number of thiazole rings is 1. The zero-order valence-corrected chi connectivity index (χ0v) is 17.3. The van der Waals surface area contributed by atoms with E-state index in [9.17, 15) is 19.2 Å². The minimum atomic E-state index is -0.397. The number of ether oxygens (including phenoxy) is 1. The van der Waals surface area contributed by atoms with Crippen LogP contribution in [-0.2, 0) is 16.0 Å². The van der Waals surface area contributed by atoms with Gasteiger partial charge in [-0.2, -0.15) is 0 Å². The summed E-state index contributed by atoms with van der Waals surface area (Å²) in [7, 11) is 0. The van der Waals surface area contributed by atoms with E-state index in [4.69, 9.17) is 4.74 Å². The molecule has 0 aliphatic carbocycles. The fraction of sp³-hybridized carbons (Fsp3) is 0.136. The van der Waals surface area contributed by atoms with Crippen LogP contribution in [0.5, 0.6) is 0 Å². The Hall–Kier alpha value is -3.85. The summed E-state index contributed by atoms with van der Waals surface area (Å²) in [5.74, 6) is -1.56. The van der Waals surface area contributed by atoms with Crippen LogP contribution in [0.15, 0.2) is 53.9 Å².